The number of sulfonamides is 1. The number of nitrogens with zero attached hydrogens (tertiary/aromatic N) is 2. The van der Waals surface area contributed by atoms with Gasteiger partial charge in [-0.25, -0.2) is 22.3 Å². The summed E-state index contributed by atoms with van der Waals surface area (Å²) in [5.41, 5.74) is 2.19. The highest BCUT2D eigenvalue weighted by molar-refractivity contribution is 9.10. The summed E-state index contributed by atoms with van der Waals surface area (Å²) in [4.78, 5) is 16.8. The van der Waals surface area contributed by atoms with Gasteiger partial charge in [0.1, 0.15) is 5.82 Å². The van der Waals surface area contributed by atoms with E-state index in [1.165, 1.54) is 6.20 Å². The van der Waals surface area contributed by atoms with Crippen LogP contribution in [-0.4, -0.2) is 19.4 Å². The highest BCUT2D eigenvalue weighted by Gasteiger charge is 2.21. The molecule has 0 aliphatic rings. The van der Waals surface area contributed by atoms with Crippen molar-refractivity contribution in [3.63, 3.8) is 0 Å². The van der Waals surface area contributed by atoms with Crippen LogP contribution in [0.1, 0.15) is 19.4 Å². The number of benzene rings is 3. The molecule has 4 aromatic rings. The molecule has 0 aliphatic heterocycles. The van der Waals surface area contributed by atoms with E-state index in [9.17, 15) is 22.9 Å². The summed E-state index contributed by atoms with van der Waals surface area (Å²) in [6, 6.07) is 18.1. The lowest BCUT2D eigenvalue weighted by Gasteiger charge is -2.18. The summed E-state index contributed by atoms with van der Waals surface area (Å²) in [5, 5.41) is 15.9. The second kappa shape index (κ2) is 10.2. The first kappa shape index (κ1) is 26.1. The Kier molecular flexibility index (Phi) is 7.16. The van der Waals surface area contributed by atoms with Gasteiger partial charge in [-0.3, -0.25) is 4.98 Å². The van der Waals surface area contributed by atoms with Gasteiger partial charge >= 0.3 is 6.03 Å². The van der Waals surface area contributed by atoms with E-state index in [4.69, 9.17) is 0 Å². The molecule has 3 N–H and O–H groups in total. The molecule has 2 amide bonds. The third kappa shape index (κ3) is 5.87. The predicted molar refractivity (Wildman–Crippen MR) is 144 cm³/mol. The summed E-state index contributed by atoms with van der Waals surface area (Å²) < 4.78 is 41.0. The number of pyridine rings is 1. The van der Waals surface area contributed by atoms with Crippen molar-refractivity contribution in [2.24, 2.45) is 0 Å². The number of halogens is 2. The minimum atomic E-state index is -4.24. The maximum Gasteiger partial charge on any atom is 0.333 e. The Morgan fingerprint density at radius 2 is 1.73 bits per heavy atom. The number of nitriles is 1. The van der Waals surface area contributed by atoms with Crippen LogP contribution in [0.2, 0.25) is 0 Å². The molecular formula is C26H21BrFN5O3S. The number of fused-ring (bicyclic) bond motifs is 1. The Morgan fingerprint density at radius 3 is 2.38 bits per heavy atom. The van der Waals surface area contributed by atoms with Crippen molar-refractivity contribution in [2.75, 3.05) is 10.6 Å². The summed E-state index contributed by atoms with van der Waals surface area (Å²) in [5.74, 6) is -0.600. The fourth-order valence-electron chi connectivity index (χ4n) is 3.52. The molecule has 0 radical (unpaired) electrons. The van der Waals surface area contributed by atoms with Crippen molar-refractivity contribution in [1.29, 1.82) is 5.26 Å². The highest BCUT2D eigenvalue weighted by Crippen LogP contribution is 2.35. The smallest absolute Gasteiger partial charge is 0.333 e. The second-order valence-corrected chi connectivity index (χ2v) is 11.3. The zero-order chi connectivity index (χ0) is 26.8. The van der Waals surface area contributed by atoms with Crippen LogP contribution in [-0.2, 0) is 15.4 Å². The Hall–Kier alpha value is -4.01. The van der Waals surface area contributed by atoms with Crippen LogP contribution in [0.5, 0.6) is 0 Å². The van der Waals surface area contributed by atoms with Crippen molar-refractivity contribution in [3.8, 4) is 6.07 Å². The highest BCUT2D eigenvalue weighted by atomic mass is 79.9. The minimum Gasteiger partial charge on any atom is -0.353 e. The summed E-state index contributed by atoms with van der Waals surface area (Å²) in [7, 11) is -4.24. The van der Waals surface area contributed by atoms with Crippen molar-refractivity contribution in [3.05, 3.63) is 88.8 Å². The number of hydrogen-bond acceptors (Lipinski definition) is 6. The average Bonchev–Trinajstić information content (AvgIpc) is 2.85. The lowest BCUT2D eigenvalue weighted by Crippen LogP contribution is -2.34. The van der Waals surface area contributed by atoms with Gasteiger partial charge in [-0.15, -0.1) is 0 Å². The molecule has 8 nitrogen and oxygen atoms in total. The second-order valence-electron chi connectivity index (χ2n) is 8.66. The number of amides is 2. The average molecular weight is 582 g/mol. The van der Waals surface area contributed by atoms with Gasteiger partial charge in [-0.2, -0.15) is 5.26 Å². The molecule has 0 aliphatic carbocycles. The van der Waals surface area contributed by atoms with E-state index in [1.807, 2.05) is 55.0 Å². The molecule has 0 unspecified atom stereocenters. The van der Waals surface area contributed by atoms with Gasteiger partial charge in [0.2, 0.25) is 0 Å². The zero-order valence-corrected chi connectivity index (χ0v) is 22.1. The molecule has 0 fully saturated rings. The molecule has 0 saturated heterocycles. The minimum absolute atomic E-state index is 0.221. The van der Waals surface area contributed by atoms with Gasteiger partial charge in [-0.05, 0) is 74.0 Å². The summed E-state index contributed by atoms with van der Waals surface area (Å²) >= 11 is 3.45. The van der Waals surface area contributed by atoms with Crippen molar-refractivity contribution >= 4 is 59.9 Å². The molecule has 11 heteroatoms. The van der Waals surface area contributed by atoms with E-state index in [1.54, 1.807) is 6.07 Å². The fraction of sp³-hybridized carbons (Fsp3) is 0.115. The van der Waals surface area contributed by atoms with E-state index in [-0.39, 0.29) is 10.6 Å². The van der Waals surface area contributed by atoms with Crippen LogP contribution < -0.4 is 15.4 Å². The third-order valence-corrected chi connectivity index (χ3v) is 7.42. The van der Waals surface area contributed by atoms with Gasteiger partial charge in [0.15, 0.2) is 0 Å². The number of rotatable bonds is 6. The van der Waals surface area contributed by atoms with Crippen LogP contribution >= 0.6 is 15.9 Å². The molecular weight excluding hydrogens is 561 g/mol. The first-order chi connectivity index (χ1) is 17.5. The number of hydrogen-bond donors (Lipinski definition) is 3. The van der Waals surface area contributed by atoms with Crippen LogP contribution in [0, 0.1) is 17.1 Å². The molecule has 3 aromatic carbocycles. The van der Waals surface area contributed by atoms with E-state index >= 15 is 0 Å². The monoisotopic (exact) mass is 581 g/mol. The Labute approximate surface area is 221 Å². The standard InChI is InChI=1S/C26H21BrFN5O3S/c1-26(2,15-29)16-3-8-19(9-4-16)31-24-21-13-17(27)5-12-22(21)30-14-23(24)32-25(34)33-37(35,36)20-10-6-18(28)7-11-20/h3-14H,1-2H3,(H,30,31)(H2,32,33,34). The topological polar surface area (TPSA) is 124 Å². The Bertz CT molecular complexity index is 1630. The van der Waals surface area contributed by atoms with Gasteiger partial charge < -0.3 is 10.6 Å². The first-order valence-electron chi connectivity index (χ1n) is 10.9. The summed E-state index contributed by atoms with van der Waals surface area (Å²) in [6.45, 7) is 3.65. The van der Waals surface area contributed by atoms with Crippen LogP contribution in [0.15, 0.2) is 82.3 Å². The van der Waals surface area contributed by atoms with E-state index in [2.05, 4.69) is 37.6 Å². The SMILES string of the molecule is CC(C)(C#N)c1ccc(Nc2c(NC(=O)NS(=O)(=O)c3ccc(F)cc3)cnc3ccc(Br)cc23)cc1. The van der Waals surface area contributed by atoms with E-state index in [0.717, 1.165) is 34.3 Å². The van der Waals surface area contributed by atoms with Gasteiger partial charge in [0, 0.05) is 15.5 Å². The molecule has 0 atom stereocenters. The van der Waals surface area contributed by atoms with Crippen molar-refractivity contribution in [1.82, 2.24) is 9.71 Å². The molecule has 1 heterocycles. The maximum absolute atomic E-state index is 13.2. The van der Waals surface area contributed by atoms with Gasteiger partial charge in [0.05, 0.1) is 39.5 Å². The molecule has 4 rings (SSSR count). The Morgan fingerprint density at radius 1 is 1.05 bits per heavy atom. The lowest BCUT2D eigenvalue weighted by atomic mass is 9.86. The fourth-order valence-corrected chi connectivity index (χ4v) is 4.78. The maximum atomic E-state index is 13.2. The van der Waals surface area contributed by atoms with Gasteiger partial charge in [-0.1, -0.05) is 28.1 Å². The number of carbonyl (C=O) groups excluding carboxylic acids is 1. The molecule has 0 spiro atoms. The van der Waals surface area contributed by atoms with Gasteiger partial charge in [0.25, 0.3) is 10.0 Å². The lowest BCUT2D eigenvalue weighted by molar-refractivity contribution is 0.256. The first-order valence-corrected chi connectivity index (χ1v) is 13.2. The molecule has 37 heavy (non-hydrogen) atoms. The van der Waals surface area contributed by atoms with Crippen molar-refractivity contribution in [2.45, 2.75) is 24.2 Å². The molecule has 0 saturated carbocycles. The number of carbonyl (C=O) groups is 1. The van der Waals surface area contributed by atoms with Crippen molar-refractivity contribution < 1.29 is 17.6 Å². The zero-order valence-electron chi connectivity index (χ0n) is 19.7. The number of aromatic nitrogens is 1. The van der Waals surface area contributed by atoms with E-state index in [0.29, 0.717) is 22.3 Å². The largest absolute Gasteiger partial charge is 0.353 e. The Balaban J connectivity index is 1.66. The van der Waals surface area contributed by atoms with Crippen LogP contribution in [0.25, 0.3) is 10.9 Å². The number of urea groups is 1. The third-order valence-electron chi connectivity index (χ3n) is 5.58. The van der Waals surface area contributed by atoms with Crippen LogP contribution in [0.3, 0.4) is 0 Å². The summed E-state index contributed by atoms with van der Waals surface area (Å²) in [6.07, 6.45) is 1.41. The van der Waals surface area contributed by atoms with Crippen LogP contribution in [0.4, 0.5) is 26.2 Å². The molecule has 1 aromatic heterocycles. The number of nitrogens with one attached hydrogen (secondary N) is 3. The predicted octanol–water partition coefficient (Wildman–Crippen LogP) is 6.19. The quantitative estimate of drug-likeness (QED) is 0.249. The van der Waals surface area contributed by atoms with E-state index < -0.39 is 27.3 Å². The molecule has 0 bridgehead atoms. The molecule has 188 valence electrons. The normalized spacial score (nSPS) is 11.5. The number of anilines is 3.